The van der Waals surface area contributed by atoms with Gasteiger partial charge in [-0.15, -0.1) is 0 Å². The monoisotopic (exact) mass is 298 g/mol. The summed E-state index contributed by atoms with van der Waals surface area (Å²) in [5.74, 6) is 0. The van der Waals surface area contributed by atoms with Crippen molar-refractivity contribution in [1.29, 1.82) is 0 Å². The zero-order valence-electron chi connectivity index (χ0n) is 9.68. The van der Waals surface area contributed by atoms with Crippen LogP contribution in [0.25, 0.3) is 0 Å². The third kappa shape index (κ3) is 3.38. The van der Waals surface area contributed by atoms with Crippen molar-refractivity contribution in [3.05, 3.63) is 10.2 Å². The molecule has 0 saturated heterocycles. The van der Waals surface area contributed by atoms with E-state index >= 15 is 0 Å². The Kier molecular flexibility index (Phi) is 5.33. The molecule has 0 aliphatic rings. The van der Waals surface area contributed by atoms with Crippen LogP contribution >= 0.6 is 22.9 Å². The van der Waals surface area contributed by atoms with Crippen LogP contribution in [0.5, 0.6) is 0 Å². The fourth-order valence-corrected chi connectivity index (χ4v) is 4.82. The number of aromatic nitrogens is 1. The van der Waals surface area contributed by atoms with Gasteiger partial charge in [0.05, 0.1) is 12.3 Å². The summed E-state index contributed by atoms with van der Waals surface area (Å²) in [5, 5.41) is 8.90. The summed E-state index contributed by atoms with van der Waals surface area (Å²) in [6.07, 6.45) is 0.685. The molecule has 1 heterocycles. The first-order chi connectivity index (χ1) is 7.93. The van der Waals surface area contributed by atoms with E-state index in [1.807, 2.05) is 6.92 Å². The lowest BCUT2D eigenvalue weighted by Crippen LogP contribution is -2.34. The van der Waals surface area contributed by atoms with Gasteiger partial charge in [0.15, 0.2) is 8.68 Å². The van der Waals surface area contributed by atoms with Crippen molar-refractivity contribution in [2.45, 2.75) is 24.5 Å². The topological polar surface area (TPSA) is 70.5 Å². The van der Waals surface area contributed by atoms with Gasteiger partial charge < -0.3 is 5.11 Å². The summed E-state index contributed by atoms with van der Waals surface area (Å²) in [6.45, 7) is 3.75. The minimum Gasteiger partial charge on any atom is -0.395 e. The summed E-state index contributed by atoms with van der Waals surface area (Å²) in [6, 6.07) is 0. The molecule has 5 nitrogen and oxygen atoms in total. The van der Waals surface area contributed by atoms with E-state index in [4.69, 9.17) is 16.7 Å². The van der Waals surface area contributed by atoms with Crippen LogP contribution < -0.4 is 0 Å². The fraction of sp³-hybridized carbons (Fsp3) is 0.667. The van der Waals surface area contributed by atoms with Crippen LogP contribution in [0.4, 0.5) is 0 Å². The molecule has 0 fully saturated rings. The van der Waals surface area contributed by atoms with E-state index in [9.17, 15) is 8.42 Å². The molecule has 0 spiro atoms. The standard InChI is InChI=1S/C9H15ClN2O3S2/c1-3-4-12(5-6-13)17(14,15)8-7(2)11-9(10)16-8/h13H,3-6H2,1-2H3. The number of halogens is 1. The second-order valence-corrected chi connectivity index (χ2v) is 7.18. The first-order valence-electron chi connectivity index (χ1n) is 5.17. The molecule has 1 N–H and O–H groups in total. The van der Waals surface area contributed by atoms with Crippen molar-refractivity contribution in [3.63, 3.8) is 0 Å². The van der Waals surface area contributed by atoms with Crippen LogP contribution in [-0.2, 0) is 10.0 Å². The van der Waals surface area contributed by atoms with E-state index < -0.39 is 10.0 Å². The number of aliphatic hydroxyl groups excluding tert-OH is 1. The third-order valence-electron chi connectivity index (χ3n) is 2.12. The van der Waals surface area contributed by atoms with Gasteiger partial charge in [-0.1, -0.05) is 29.9 Å². The van der Waals surface area contributed by atoms with Crippen molar-refractivity contribution in [1.82, 2.24) is 9.29 Å². The summed E-state index contributed by atoms with van der Waals surface area (Å²) < 4.78 is 26.2. The molecule has 0 atom stereocenters. The highest BCUT2D eigenvalue weighted by molar-refractivity contribution is 7.91. The lowest BCUT2D eigenvalue weighted by Gasteiger charge is -2.19. The number of sulfonamides is 1. The smallest absolute Gasteiger partial charge is 0.254 e. The minimum atomic E-state index is -3.59. The molecule has 0 aliphatic heterocycles. The van der Waals surface area contributed by atoms with E-state index in [1.165, 1.54) is 4.31 Å². The lowest BCUT2D eigenvalue weighted by atomic mass is 10.5. The molecular formula is C9H15ClN2O3S2. The molecule has 1 aromatic rings. The zero-order valence-corrected chi connectivity index (χ0v) is 12.1. The van der Waals surface area contributed by atoms with Crippen LogP contribution in [0.3, 0.4) is 0 Å². The maximum Gasteiger partial charge on any atom is 0.254 e. The molecule has 0 unspecified atom stereocenters. The Bertz CT molecular complexity index is 467. The second-order valence-electron chi connectivity index (χ2n) is 3.47. The SMILES string of the molecule is CCCN(CCO)S(=O)(=O)c1sc(Cl)nc1C. The predicted molar refractivity (Wildman–Crippen MR) is 68.0 cm³/mol. The number of thiazole rings is 1. The molecule has 0 bridgehead atoms. The number of hydrogen-bond acceptors (Lipinski definition) is 5. The molecule has 1 aromatic heterocycles. The third-order valence-corrected chi connectivity index (χ3v) is 5.87. The van der Waals surface area contributed by atoms with E-state index in [0.717, 1.165) is 11.3 Å². The Hall–Kier alpha value is -0.210. The molecule has 98 valence electrons. The molecule has 1 rings (SSSR count). The largest absolute Gasteiger partial charge is 0.395 e. The average molecular weight is 299 g/mol. The Morgan fingerprint density at radius 2 is 2.12 bits per heavy atom. The van der Waals surface area contributed by atoms with Crippen molar-refractivity contribution < 1.29 is 13.5 Å². The highest BCUT2D eigenvalue weighted by Gasteiger charge is 2.28. The van der Waals surface area contributed by atoms with Crippen molar-refractivity contribution >= 4 is 33.0 Å². The molecule has 17 heavy (non-hydrogen) atoms. The van der Waals surface area contributed by atoms with Gasteiger partial charge in [-0.05, 0) is 13.3 Å². The number of aliphatic hydroxyl groups is 1. The van der Waals surface area contributed by atoms with Crippen LogP contribution in [-0.4, -0.2) is 42.5 Å². The van der Waals surface area contributed by atoms with Gasteiger partial charge in [0.1, 0.15) is 0 Å². The van der Waals surface area contributed by atoms with E-state index in [2.05, 4.69) is 4.98 Å². The van der Waals surface area contributed by atoms with E-state index in [-0.39, 0.29) is 21.8 Å². The molecule has 0 aliphatic carbocycles. The van der Waals surface area contributed by atoms with Gasteiger partial charge in [-0.25, -0.2) is 13.4 Å². The van der Waals surface area contributed by atoms with Gasteiger partial charge >= 0.3 is 0 Å². The Balaban J connectivity index is 3.11. The maximum absolute atomic E-state index is 12.3. The van der Waals surface area contributed by atoms with Crippen LogP contribution in [0.1, 0.15) is 19.0 Å². The summed E-state index contributed by atoms with van der Waals surface area (Å²) in [4.78, 5) is 3.90. The molecule has 0 radical (unpaired) electrons. The average Bonchev–Trinajstić information content (AvgIpc) is 2.58. The van der Waals surface area contributed by atoms with Crippen molar-refractivity contribution in [2.24, 2.45) is 0 Å². The first kappa shape index (κ1) is 14.8. The van der Waals surface area contributed by atoms with Crippen LogP contribution in [0.2, 0.25) is 4.47 Å². The summed E-state index contributed by atoms with van der Waals surface area (Å²) >= 11 is 6.65. The van der Waals surface area contributed by atoms with Gasteiger partial charge in [-0.2, -0.15) is 4.31 Å². The first-order valence-corrected chi connectivity index (χ1v) is 7.80. The van der Waals surface area contributed by atoms with Crippen molar-refractivity contribution in [3.8, 4) is 0 Å². The normalized spacial score (nSPS) is 12.3. The Morgan fingerprint density at radius 3 is 2.53 bits per heavy atom. The van der Waals surface area contributed by atoms with Gasteiger partial charge in [0, 0.05) is 13.1 Å². The minimum absolute atomic E-state index is 0.0884. The molecular weight excluding hydrogens is 284 g/mol. The Morgan fingerprint density at radius 1 is 1.47 bits per heavy atom. The molecule has 0 aromatic carbocycles. The molecule has 8 heteroatoms. The number of rotatable bonds is 6. The lowest BCUT2D eigenvalue weighted by molar-refractivity contribution is 0.253. The van der Waals surface area contributed by atoms with Gasteiger partial charge in [-0.3, -0.25) is 0 Å². The van der Waals surface area contributed by atoms with E-state index in [0.29, 0.717) is 18.7 Å². The summed E-state index contributed by atoms with van der Waals surface area (Å²) in [7, 11) is -3.59. The summed E-state index contributed by atoms with van der Waals surface area (Å²) in [5.41, 5.74) is 0.402. The van der Waals surface area contributed by atoms with Crippen LogP contribution in [0, 0.1) is 6.92 Å². The number of hydrogen-bond donors (Lipinski definition) is 1. The Labute approximate surface area is 110 Å². The predicted octanol–water partition coefficient (Wildman–Crippen LogP) is 1.50. The zero-order chi connectivity index (χ0) is 13.1. The van der Waals surface area contributed by atoms with Gasteiger partial charge in [0.25, 0.3) is 10.0 Å². The van der Waals surface area contributed by atoms with E-state index in [1.54, 1.807) is 6.92 Å². The maximum atomic E-state index is 12.3. The second kappa shape index (κ2) is 6.10. The number of aryl methyl sites for hydroxylation is 1. The molecule has 0 saturated carbocycles. The fourth-order valence-electron chi connectivity index (χ4n) is 1.42. The highest BCUT2D eigenvalue weighted by atomic mass is 35.5. The quantitative estimate of drug-likeness (QED) is 0.864. The van der Waals surface area contributed by atoms with Crippen LogP contribution in [0.15, 0.2) is 4.21 Å². The number of nitrogens with zero attached hydrogens (tertiary/aromatic N) is 2. The molecule has 0 amide bonds. The van der Waals surface area contributed by atoms with Crippen molar-refractivity contribution in [2.75, 3.05) is 19.7 Å². The van der Waals surface area contributed by atoms with Gasteiger partial charge in [0.2, 0.25) is 0 Å². The highest BCUT2D eigenvalue weighted by Crippen LogP contribution is 2.29.